The van der Waals surface area contributed by atoms with Crippen molar-refractivity contribution in [1.82, 2.24) is 14.8 Å². The van der Waals surface area contributed by atoms with Gasteiger partial charge in [-0.2, -0.15) is 0 Å². The molecular formula is C18H19N3O2. The number of nitrogens with zero attached hydrogens (tertiary/aromatic N) is 2. The molecule has 0 bridgehead atoms. The first-order chi connectivity index (χ1) is 11.2. The molecule has 0 spiro atoms. The Hall–Kier alpha value is -2.30. The van der Waals surface area contributed by atoms with E-state index in [-0.39, 0.29) is 29.9 Å². The van der Waals surface area contributed by atoms with Crippen molar-refractivity contribution in [1.29, 1.82) is 0 Å². The highest BCUT2D eigenvalue weighted by molar-refractivity contribution is 5.99. The van der Waals surface area contributed by atoms with Crippen molar-refractivity contribution in [2.45, 2.75) is 44.3 Å². The Morgan fingerprint density at radius 1 is 1.13 bits per heavy atom. The lowest BCUT2D eigenvalue weighted by atomic mass is 9.88. The van der Waals surface area contributed by atoms with Crippen molar-refractivity contribution in [2.75, 3.05) is 6.54 Å². The Labute approximate surface area is 134 Å². The molecule has 3 aliphatic rings. The van der Waals surface area contributed by atoms with Gasteiger partial charge in [-0.1, -0.05) is 18.2 Å². The number of nitrogens with one attached hydrogen (secondary N) is 1. The van der Waals surface area contributed by atoms with Crippen LogP contribution < -0.4 is 0 Å². The minimum absolute atomic E-state index is 0.0738. The first kappa shape index (κ1) is 13.2. The van der Waals surface area contributed by atoms with Crippen LogP contribution >= 0.6 is 0 Å². The third kappa shape index (κ3) is 1.57. The summed E-state index contributed by atoms with van der Waals surface area (Å²) in [6.45, 7) is 2.77. The van der Waals surface area contributed by atoms with Gasteiger partial charge in [-0.3, -0.25) is 9.59 Å². The van der Waals surface area contributed by atoms with E-state index in [0.29, 0.717) is 6.42 Å². The minimum atomic E-state index is -0.335. The molecule has 3 atom stereocenters. The topological polar surface area (TPSA) is 56.4 Å². The average molecular weight is 309 g/mol. The highest BCUT2D eigenvalue weighted by Gasteiger charge is 2.51. The van der Waals surface area contributed by atoms with E-state index in [9.17, 15) is 9.59 Å². The second-order valence-electron chi connectivity index (χ2n) is 6.89. The second-order valence-corrected chi connectivity index (χ2v) is 6.89. The average Bonchev–Trinajstić information content (AvgIpc) is 3.18. The number of aromatic nitrogens is 1. The predicted molar refractivity (Wildman–Crippen MR) is 85.8 cm³/mol. The van der Waals surface area contributed by atoms with Gasteiger partial charge in [0.25, 0.3) is 0 Å². The Morgan fingerprint density at radius 3 is 2.83 bits per heavy atom. The van der Waals surface area contributed by atoms with E-state index in [4.69, 9.17) is 0 Å². The molecule has 5 rings (SSSR count). The number of benzene rings is 1. The lowest BCUT2D eigenvalue weighted by Gasteiger charge is -2.47. The number of piperazine rings is 1. The number of carbonyl (C=O) groups is 2. The zero-order valence-electron chi connectivity index (χ0n) is 13.1. The van der Waals surface area contributed by atoms with Crippen LogP contribution in [-0.2, 0) is 16.0 Å². The van der Waals surface area contributed by atoms with Gasteiger partial charge in [0.05, 0.1) is 6.04 Å². The quantitative estimate of drug-likeness (QED) is 0.809. The molecule has 2 amide bonds. The van der Waals surface area contributed by atoms with Gasteiger partial charge >= 0.3 is 0 Å². The number of fused-ring (bicyclic) bond motifs is 5. The highest BCUT2D eigenvalue weighted by atomic mass is 16.2. The van der Waals surface area contributed by atoms with Gasteiger partial charge in [-0.05, 0) is 31.4 Å². The van der Waals surface area contributed by atoms with E-state index < -0.39 is 0 Å². The van der Waals surface area contributed by atoms with Crippen molar-refractivity contribution in [2.24, 2.45) is 0 Å². The lowest BCUT2D eigenvalue weighted by molar-refractivity contribution is -0.162. The van der Waals surface area contributed by atoms with E-state index in [1.807, 2.05) is 28.9 Å². The van der Waals surface area contributed by atoms with Crippen molar-refractivity contribution in [3.05, 3.63) is 35.5 Å². The molecule has 1 aromatic carbocycles. The van der Waals surface area contributed by atoms with E-state index in [0.717, 1.165) is 30.6 Å². The fraction of sp³-hybridized carbons (Fsp3) is 0.444. The molecule has 1 N–H and O–H groups in total. The van der Waals surface area contributed by atoms with Crippen molar-refractivity contribution in [3.63, 3.8) is 0 Å². The first-order valence-electron chi connectivity index (χ1n) is 8.39. The molecule has 5 nitrogen and oxygen atoms in total. The number of amides is 2. The largest absolute Gasteiger partial charge is 0.356 e. The Balaban J connectivity index is 1.67. The summed E-state index contributed by atoms with van der Waals surface area (Å²) in [7, 11) is 0. The summed E-state index contributed by atoms with van der Waals surface area (Å²) in [6.07, 6.45) is 2.36. The summed E-state index contributed by atoms with van der Waals surface area (Å²) >= 11 is 0. The monoisotopic (exact) mass is 309 g/mol. The fourth-order valence-corrected chi connectivity index (χ4v) is 4.70. The highest BCUT2D eigenvalue weighted by Crippen LogP contribution is 2.41. The Bertz CT molecular complexity index is 840. The maximum atomic E-state index is 12.9. The molecule has 3 aliphatic heterocycles. The number of H-pyrrole nitrogens is 1. The molecule has 5 heteroatoms. The third-order valence-electron chi connectivity index (χ3n) is 5.78. The Kier molecular flexibility index (Phi) is 2.50. The van der Waals surface area contributed by atoms with Crippen LogP contribution in [0.25, 0.3) is 10.9 Å². The molecule has 2 aromatic rings. The molecule has 118 valence electrons. The number of para-hydroxylation sites is 1. The second kappa shape index (κ2) is 4.37. The van der Waals surface area contributed by atoms with E-state index in [1.165, 1.54) is 10.9 Å². The maximum absolute atomic E-state index is 12.9. The van der Waals surface area contributed by atoms with Crippen LogP contribution in [0.4, 0.5) is 0 Å². The van der Waals surface area contributed by atoms with Gasteiger partial charge in [0.15, 0.2) is 0 Å². The van der Waals surface area contributed by atoms with E-state index in [2.05, 4.69) is 17.1 Å². The molecule has 2 fully saturated rings. The van der Waals surface area contributed by atoms with E-state index >= 15 is 0 Å². The molecule has 4 heterocycles. The maximum Gasteiger partial charge on any atom is 0.246 e. The summed E-state index contributed by atoms with van der Waals surface area (Å²) in [4.78, 5) is 33.0. The zero-order valence-corrected chi connectivity index (χ0v) is 13.1. The van der Waals surface area contributed by atoms with Crippen LogP contribution in [0.5, 0.6) is 0 Å². The number of rotatable bonds is 0. The van der Waals surface area contributed by atoms with Crippen LogP contribution in [0.3, 0.4) is 0 Å². The number of hydrogen-bond donors (Lipinski definition) is 1. The Morgan fingerprint density at radius 2 is 1.96 bits per heavy atom. The summed E-state index contributed by atoms with van der Waals surface area (Å²) in [5.74, 6) is 0.263. The smallest absolute Gasteiger partial charge is 0.246 e. The predicted octanol–water partition coefficient (Wildman–Crippen LogP) is 1.99. The fourth-order valence-electron chi connectivity index (χ4n) is 4.70. The molecule has 1 aromatic heterocycles. The molecule has 23 heavy (non-hydrogen) atoms. The zero-order chi connectivity index (χ0) is 15.7. The summed E-state index contributed by atoms with van der Waals surface area (Å²) in [5.41, 5.74) is 3.38. The number of aromatic amines is 1. The van der Waals surface area contributed by atoms with Crippen molar-refractivity contribution >= 4 is 22.7 Å². The number of hydrogen-bond acceptors (Lipinski definition) is 2. The first-order valence-corrected chi connectivity index (χ1v) is 8.39. The molecule has 2 saturated heterocycles. The van der Waals surface area contributed by atoms with Gasteiger partial charge in [0, 0.05) is 29.6 Å². The standard InChI is InChI=1S/C18H19N3O2/c1-10-16-12(11-5-2-3-6-13(11)19-16)9-15-17(22)20-8-4-7-14(20)18(23)21(10)15/h2-3,5-6,10,14-15,19H,4,7-9H2,1H3/t10-,14+,15+/m1/s1. The van der Waals surface area contributed by atoms with Gasteiger partial charge in [-0.15, -0.1) is 0 Å². The van der Waals surface area contributed by atoms with Crippen LogP contribution in [-0.4, -0.2) is 45.2 Å². The SMILES string of the molecule is C[C@@H]1c2[nH]c3ccccc3c2C[C@H]2C(=O)N3CCC[C@H]3C(=O)N12. The van der Waals surface area contributed by atoms with Gasteiger partial charge in [0.1, 0.15) is 12.1 Å². The molecule has 0 radical (unpaired) electrons. The molecular weight excluding hydrogens is 290 g/mol. The number of carbonyl (C=O) groups excluding carboxylic acids is 2. The van der Waals surface area contributed by atoms with Crippen molar-refractivity contribution < 1.29 is 9.59 Å². The van der Waals surface area contributed by atoms with Crippen LogP contribution in [0.15, 0.2) is 24.3 Å². The van der Waals surface area contributed by atoms with Gasteiger partial charge < -0.3 is 14.8 Å². The van der Waals surface area contributed by atoms with Crippen molar-refractivity contribution in [3.8, 4) is 0 Å². The van der Waals surface area contributed by atoms with Crippen LogP contribution in [0.1, 0.15) is 37.1 Å². The van der Waals surface area contributed by atoms with Crippen LogP contribution in [0, 0.1) is 0 Å². The molecule has 0 aliphatic carbocycles. The van der Waals surface area contributed by atoms with Gasteiger partial charge in [-0.25, -0.2) is 0 Å². The lowest BCUT2D eigenvalue weighted by Crippen LogP contribution is -2.65. The van der Waals surface area contributed by atoms with E-state index in [1.54, 1.807) is 0 Å². The summed E-state index contributed by atoms with van der Waals surface area (Å²) < 4.78 is 0. The molecule has 0 unspecified atom stereocenters. The summed E-state index contributed by atoms with van der Waals surface area (Å²) in [5, 5.41) is 1.18. The third-order valence-corrected chi connectivity index (χ3v) is 5.78. The summed E-state index contributed by atoms with van der Waals surface area (Å²) in [6, 6.07) is 7.55. The van der Waals surface area contributed by atoms with Crippen LogP contribution in [0.2, 0.25) is 0 Å². The molecule has 0 saturated carbocycles. The van der Waals surface area contributed by atoms with Gasteiger partial charge in [0.2, 0.25) is 11.8 Å². The normalized spacial score (nSPS) is 29.7. The minimum Gasteiger partial charge on any atom is -0.356 e.